The molecule has 90 valence electrons. The topological polar surface area (TPSA) is 69.8 Å². The number of carbonyl (C=O) groups excluding carboxylic acids is 1. The molecular formula is C12H16N4O. The third kappa shape index (κ3) is 2.62. The van der Waals surface area contributed by atoms with Gasteiger partial charge in [0.1, 0.15) is 5.82 Å². The third-order valence-corrected chi connectivity index (χ3v) is 2.52. The molecule has 0 fully saturated rings. The Morgan fingerprint density at radius 1 is 1.41 bits per heavy atom. The van der Waals surface area contributed by atoms with Crippen molar-refractivity contribution < 1.29 is 4.79 Å². The molecule has 0 saturated heterocycles. The highest BCUT2D eigenvalue weighted by atomic mass is 16.1. The minimum Gasteiger partial charge on any atom is -0.351 e. The maximum absolute atomic E-state index is 11.8. The fraction of sp³-hybridized carbons (Fsp3) is 0.333. The summed E-state index contributed by atoms with van der Waals surface area (Å²) in [5, 5.41) is 5.81. The van der Waals surface area contributed by atoms with E-state index in [1.165, 1.54) is 0 Å². The molecule has 17 heavy (non-hydrogen) atoms. The molecule has 0 radical (unpaired) electrons. The molecule has 3 N–H and O–H groups in total. The number of benzene rings is 1. The summed E-state index contributed by atoms with van der Waals surface area (Å²) >= 11 is 0. The Bertz CT molecular complexity index is 532. The average molecular weight is 232 g/mol. The predicted octanol–water partition coefficient (Wildman–Crippen LogP) is 0.821. The lowest BCUT2D eigenvalue weighted by atomic mass is 10.2. The number of aryl methyl sites for hydroxylation is 1. The number of hydrogen-bond donors (Lipinski definition) is 3. The minimum absolute atomic E-state index is 0.0607. The van der Waals surface area contributed by atoms with E-state index in [0.717, 1.165) is 23.4 Å². The normalized spacial score (nSPS) is 10.7. The van der Waals surface area contributed by atoms with Crippen LogP contribution in [0.5, 0.6) is 0 Å². The molecule has 1 aromatic heterocycles. The van der Waals surface area contributed by atoms with Gasteiger partial charge >= 0.3 is 0 Å². The van der Waals surface area contributed by atoms with E-state index in [0.29, 0.717) is 12.1 Å². The molecule has 1 amide bonds. The number of likely N-dealkylation sites (N-methyl/N-ethyl adjacent to an activating group) is 1. The number of carbonyl (C=O) groups is 1. The second-order valence-electron chi connectivity index (χ2n) is 3.91. The Morgan fingerprint density at radius 2 is 2.24 bits per heavy atom. The van der Waals surface area contributed by atoms with Gasteiger partial charge in [-0.25, -0.2) is 4.98 Å². The van der Waals surface area contributed by atoms with Gasteiger partial charge in [-0.1, -0.05) is 0 Å². The zero-order chi connectivity index (χ0) is 12.3. The third-order valence-electron chi connectivity index (χ3n) is 2.52. The summed E-state index contributed by atoms with van der Waals surface area (Å²) in [6, 6.07) is 5.47. The van der Waals surface area contributed by atoms with E-state index in [9.17, 15) is 4.79 Å². The maximum atomic E-state index is 11.8. The van der Waals surface area contributed by atoms with Gasteiger partial charge in [0.05, 0.1) is 11.0 Å². The summed E-state index contributed by atoms with van der Waals surface area (Å²) in [4.78, 5) is 19.2. The number of rotatable bonds is 4. The van der Waals surface area contributed by atoms with Gasteiger partial charge in [-0.2, -0.15) is 0 Å². The average Bonchev–Trinajstić information content (AvgIpc) is 2.68. The molecule has 0 spiro atoms. The van der Waals surface area contributed by atoms with Crippen LogP contribution in [0.2, 0.25) is 0 Å². The number of H-pyrrole nitrogens is 1. The van der Waals surface area contributed by atoms with Crippen LogP contribution in [0.1, 0.15) is 16.2 Å². The number of nitrogens with one attached hydrogen (secondary N) is 3. The summed E-state index contributed by atoms with van der Waals surface area (Å²) in [7, 11) is 1.85. The van der Waals surface area contributed by atoms with Crippen molar-refractivity contribution in [3.63, 3.8) is 0 Å². The van der Waals surface area contributed by atoms with Crippen LogP contribution < -0.4 is 10.6 Å². The van der Waals surface area contributed by atoms with E-state index in [1.807, 2.05) is 26.1 Å². The van der Waals surface area contributed by atoms with Crippen LogP contribution >= 0.6 is 0 Å². The minimum atomic E-state index is -0.0607. The number of nitrogens with zero attached hydrogens (tertiary/aromatic N) is 1. The highest BCUT2D eigenvalue weighted by Gasteiger charge is 2.07. The second-order valence-corrected chi connectivity index (χ2v) is 3.91. The van der Waals surface area contributed by atoms with Crippen molar-refractivity contribution in [3.8, 4) is 0 Å². The molecule has 0 bridgehead atoms. The quantitative estimate of drug-likeness (QED) is 0.683. The first-order valence-corrected chi connectivity index (χ1v) is 5.60. The van der Waals surface area contributed by atoms with Crippen molar-refractivity contribution in [2.75, 3.05) is 20.1 Å². The van der Waals surface area contributed by atoms with Crippen molar-refractivity contribution in [3.05, 3.63) is 29.6 Å². The summed E-state index contributed by atoms with van der Waals surface area (Å²) in [5.74, 6) is 0.794. The standard InChI is InChI=1S/C12H16N4O/c1-8-15-10-4-3-9(7-11(10)16-8)12(17)14-6-5-13-2/h3-4,7,13H,5-6H2,1-2H3,(H,14,17)(H,15,16). The van der Waals surface area contributed by atoms with Crippen molar-refractivity contribution in [1.82, 2.24) is 20.6 Å². The Hall–Kier alpha value is -1.88. The zero-order valence-electron chi connectivity index (χ0n) is 10.0. The van der Waals surface area contributed by atoms with Crippen LogP contribution in [-0.4, -0.2) is 36.0 Å². The molecule has 0 aliphatic heterocycles. The fourth-order valence-corrected chi connectivity index (χ4v) is 1.68. The Labute approximate surface area is 99.6 Å². The highest BCUT2D eigenvalue weighted by molar-refractivity contribution is 5.97. The van der Waals surface area contributed by atoms with Crippen molar-refractivity contribution >= 4 is 16.9 Å². The van der Waals surface area contributed by atoms with Gasteiger partial charge in [-0.05, 0) is 32.2 Å². The molecule has 0 aliphatic carbocycles. The number of imidazole rings is 1. The fourth-order valence-electron chi connectivity index (χ4n) is 1.68. The van der Waals surface area contributed by atoms with Crippen LogP contribution in [-0.2, 0) is 0 Å². The highest BCUT2D eigenvalue weighted by Crippen LogP contribution is 2.13. The molecular weight excluding hydrogens is 216 g/mol. The first kappa shape index (κ1) is 11.6. The van der Waals surface area contributed by atoms with Crippen LogP contribution in [0.4, 0.5) is 0 Å². The first-order valence-electron chi connectivity index (χ1n) is 5.60. The maximum Gasteiger partial charge on any atom is 0.251 e. The molecule has 0 atom stereocenters. The SMILES string of the molecule is CNCCNC(=O)c1ccc2nc(C)[nH]c2c1. The van der Waals surface area contributed by atoms with Crippen molar-refractivity contribution in [2.24, 2.45) is 0 Å². The zero-order valence-corrected chi connectivity index (χ0v) is 10.0. The molecule has 1 aromatic carbocycles. The van der Waals surface area contributed by atoms with Gasteiger partial charge in [0.25, 0.3) is 5.91 Å². The summed E-state index contributed by atoms with van der Waals surface area (Å²) in [5.41, 5.74) is 2.43. The Balaban J connectivity index is 2.15. The molecule has 2 aromatic rings. The molecule has 2 rings (SSSR count). The number of hydrogen-bond acceptors (Lipinski definition) is 3. The second kappa shape index (κ2) is 4.97. The molecule has 1 heterocycles. The smallest absolute Gasteiger partial charge is 0.251 e. The van der Waals surface area contributed by atoms with E-state index in [1.54, 1.807) is 6.07 Å². The molecule has 0 saturated carbocycles. The summed E-state index contributed by atoms with van der Waals surface area (Å²) in [6.07, 6.45) is 0. The van der Waals surface area contributed by atoms with Crippen molar-refractivity contribution in [2.45, 2.75) is 6.92 Å². The number of amides is 1. The van der Waals surface area contributed by atoms with Crippen LogP contribution in [0.15, 0.2) is 18.2 Å². The first-order chi connectivity index (χ1) is 8.20. The van der Waals surface area contributed by atoms with E-state index < -0.39 is 0 Å². The van der Waals surface area contributed by atoms with Gasteiger partial charge in [-0.15, -0.1) is 0 Å². The van der Waals surface area contributed by atoms with E-state index in [4.69, 9.17) is 0 Å². The predicted molar refractivity (Wildman–Crippen MR) is 67.1 cm³/mol. The van der Waals surface area contributed by atoms with E-state index in [-0.39, 0.29) is 5.91 Å². The number of aromatic amines is 1. The monoisotopic (exact) mass is 232 g/mol. The lowest BCUT2D eigenvalue weighted by Crippen LogP contribution is -2.30. The largest absolute Gasteiger partial charge is 0.351 e. The van der Waals surface area contributed by atoms with Gasteiger partial charge < -0.3 is 15.6 Å². The molecule has 0 unspecified atom stereocenters. The molecule has 5 heteroatoms. The number of fused-ring (bicyclic) bond motifs is 1. The van der Waals surface area contributed by atoms with Gasteiger partial charge in [0.15, 0.2) is 0 Å². The lowest BCUT2D eigenvalue weighted by Gasteiger charge is -2.04. The van der Waals surface area contributed by atoms with Gasteiger partial charge in [-0.3, -0.25) is 4.79 Å². The van der Waals surface area contributed by atoms with E-state index in [2.05, 4.69) is 20.6 Å². The summed E-state index contributed by atoms with van der Waals surface area (Å²) < 4.78 is 0. The van der Waals surface area contributed by atoms with Crippen LogP contribution in [0.25, 0.3) is 11.0 Å². The lowest BCUT2D eigenvalue weighted by molar-refractivity contribution is 0.0954. The van der Waals surface area contributed by atoms with Crippen LogP contribution in [0, 0.1) is 6.92 Å². The van der Waals surface area contributed by atoms with Crippen molar-refractivity contribution in [1.29, 1.82) is 0 Å². The Kier molecular flexibility index (Phi) is 3.39. The van der Waals surface area contributed by atoms with Gasteiger partial charge in [0, 0.05) is 18.7 Å². The van der Waals surface area contributed by atoms with Gasteiger partial charge in [0.2, 0.25) is 0 Å². The molecule has 0 aliphatic rings. The van der Waals surface area contributed by atoms with E-state index >= 15 is 0 Å². The number of aromatic nitrogens is 2. The summed E-state index contributed by atoms with van der Waals surface area (Å²) in [6.45, 7) is 3.28. The van der Waals surface area contributed by atoms with Crippen LogP contribution in [0.3, 0.4) is 0 Å². The molecule has 5 nitrogen and oxygen atoms in total. The Morgan fingerprint density at radius 3 is 3.00 bits per heavy atom.